The number of thioether (sulfide) groups is 1. The van der Waals surface area contributed by atoms with Crippen LogP contribution in [0.3, 0.4) is 0 Å². The fourth-order valence-electron chi connectivity index (χ4n) is 10.7. The maximum Gasteiger partial charge on any atom is 0.246 e. The molecule has 10 atom stereocenters. The summed E-state index contributed by atoms with van der Waals surface area (Å²) in [7, 11) is 2.79. The van der Waals surface area contributed by atoms with Crippen LogP contribution in [-0.2, 0) is 80.1 Å². The molecule has 488 valence electrons. The number of likely N-dealkylation sites (N-methyl/N-ethyl adjacent to an activating group) is 2. The van der Waals surface area contributed by atoms with Crippen molar-refractivity contribution in [3.05, 3.63) is 59.7 Å². The lowest BCUT2D eigenvalue weighted by Gasteiger charge is -2.33. The van der Waals surface area contributed by atoms with Crippen LogP contribution >= 0.6 is 24.4 Å². The molecule has 0 radical (unpaired) electrons. The number of aldehydes is 1. The first kappa shape index (κ1) is 70.8. The van der Waals surface area contributed by atoms with Gasteiger partial charge in [0, 0.05) is 80.0 Å². The standard InChI is InChI=1S/C59H79N13O16S2/c1-5-9-34(28-73)65-50(80)27-63-54(84)42-21-39-36-10-6-7-13-40(36)70-57(39)90-30-43(67-48(78)25-60-3)55(85)68-41(52(82)37-11-8-12-38(37)58(87)71(4)44(56(86)69-42)20-35(75)29-74)22-47(77)61-24-32-14-16-33(17-15-32)66-53(83)31(2)64-49(79)26-62-46(76)18-19-72-51(81)23-45(89)59(72)88/h6-7,10,13-17,28,31,34-35,37-38,41-45,60,70,74-75,89H,5,8-9,11-12,18-27,29-30H2,1-4H3,(H,61,77)(H,62,76)(H,63,84)(H,64,79)(H,65,80)(H,66,83)(H,67,78)(H,68,85)(H,69,86)/t31-,34?,35+,37?,38+,41-,42+,43-,44?,45?/m0/s1. The predicted molar refractivity (Wildman–Crippen MR) is 329 cm³/mol. The molecule has 0 bridgehead atoms. The number of H-pyrrole nitrogens is 1. The van der Waals surface area contributed by atoms with E-state index in [1.54, 1.807) is 36.4 Å². The van der Waals surface area contributed by atoms with Crippen molar-refractivity contribution in [1.29, 1.82) is 0 Å². The van der Waals surface area contributed by atoms with Gasteiger partial charge in [-0.3, -0.25) is 67.2 Å². The average molecular weight is 1290 g/mol. The molecule has 2 aromatic carbocycles. The summed E-state index contributed by atoms with van der Waals surface area (Å²) >= 11 is 5.11. The van der Waals surface area contributed by atoms with E-state index in [2.05, 4.69) is 70.8 Å². The zero-order chi connectivity index (χ0) is 65.8. The molecule has 1 aliphatic carbocycles. The summed E-state index contributed by atoms with van der Waals surface area (Å²) in [6.07, 6.45) is -1.21. The van der Waals surface area contributed by atoms with Crippen LogP contribution in [0.15, 0.2) is 53.6 Å². The maximum atomic E-state index is 15.0. The number of anilines is 1. The smallest absolute Gasteiger partial charge is 0.246 e. The highest BCUT2D eigenvalue weighted by atomic mass is 32.2. The van der Waals surface area contributed by atoms with Gasteiger partial charge in [0.15, 0.2) is 5.78 Å². The molecule has 3 aromatic rings. The molecule has 90 heavy (non-hydrogen) atoms. The number of aliphatic hydroxyl groups excluding tert-OH is 2. The zero-order valence-corrected chi connectivity index (χ0v) is 52.1. The van der Waals surface area contributed by atoms with Gasteiger partial charge in [-0.2, -0.15) is 12.6 Å². The van der Waals surface area contributed by atoms with Gasteiger partial charge in [0.2, 0.25) is 70.9 Å². The minimum Gasteiger partial charge on any atom is -0.394 e. The molecule has 1 saturated heterocycles. The molecule has 0 spiro atoms. The van der Waals surface area contributed by atoms with Gasteiger partial charge in [-0.15, -0.1) is 11.8 Å². The lowest BCUT2D eigenvalue weighted by Crippen LogP contribution is -2.58. The number of benzene rings is 2. The van der Waals surface area contributed by atoms with E-state index < -0.39 is 169 Å². The second-order valence-corrected chi connectivity index (χ2v) is 23.9. The summed E-state index contributed by atoms with van der Waals surface area (Å²) in [5.41, 5.74) is 1.85. The lowest BCUT2D eigenvalue weighted by atomic mass is 9.85. The van der Waals surface area contributed by atoms with Crippen molar-refractivity contribution in [2.45, 2.75) is 137 Å². The number of imide groups is 1. The van der Waals surface area contributed by atoms with Crippen molar-refractivity contribution >= 4 is 124 Å². The number of aromatic amines is 1. The van der Waals surface area contributed by atoms with Gasteiger partial charge >= 0.3 is 0 Å². The van der Waals surface area contributed by atoms with Gasteiger partial charge in [0.05, 0.1) is 61.1 Å². The Morgan fingerprint density at radius 2 is 1.52 bits per heavy atom. The van der Waals surface area contributed by atoms with Crippen molar-refractivity contribution in [3.63, 3.8) is 0 Å². The molecule has 3 aliphatic rings. The summed E-state index contributed by atoms with van der Waals surface area (Å²) in [5, 5.41) is 47.2. The molecular weight excluding hydrogens is 1210 g/mol. The van der Waals surface area contributed by atoms with Gasteiger partial charge < -0.3 is 78.1 Å². The Bertz CT molecular complexity index is 3170. The van der Waals surface area contributed by atoms with E-state index in [-0.39, 0.29) is 57.5 Å². The van der Waals surface area contributed by atoms with Crippen molar-refractivity contribution in [1.82, 2.24) is 62.6 Å². The number of rotatable bonds is 25. The molecule has 2 fully saturated rings. The zero-order valence-electron chi connectivity index (χ0n) is 50.4. The number of hydrogen-bond donors (Lipinski definition) is 14. The molecular formula is C59H79N13O16S2. The predicted octanol–water partition coefficient (Wildman–Crippen LogP) is -2.64. The van der Waals surface area contributed by atoms with Crippen LogP contribution in [0.1, 0.15) is 82.8 Å². The molecule has 29 nitrogen and oxygen atoms in total. The minimum absolute atomic E-state index is 0.0668. The highest BCUT2D eigenvalue weighted by Crippen LogP contribution is 2.36. The highest BCUT2D eigenvalue weighted by Gasteiger charge is 2.45. The molecule has 2 aliphatic heterocycles. The van der Waals surface area contributed by atoms with Crippen molar-refractivity contribution in [3.8, 4) is 0 Å². The number of carbonyl (C=O) groups excluding carboxylic acids is 14. The lowest BCUT2D eigenvalue weighted by molar-refractivity contribution is -0.147. The van der Waals surface area contributed by atoms with E-state index >= 15 is 4.79 Å². The molecule has 1 saturated carbocycles. The second kappa shape index (κ2) is 34.1. The van der Waals surface area contributed by atoms with Crippen LogP contribution in [0.5, 0.6) is 0 Å². The number of aromatic nitrogens is 1. The van der Waals surface area contributed by atoms with Gasteiger partial charge in [-0.25, -0.2) is 0 Å². The van der Waals surface area contributed by atoms with Crippen LogP contribution in [-0.4, -0.2) is 208 Å². The van der Waals surface area contributed by atoms with E-state index in [0.717, 1.165) is 21.6 Å². The Morgan fingerprint density at radius 3 is 2.20 bits per heavy atom. The van der Waals surface area contributed by atoms with Crippen LogP contribution in [0, 0.1) is 11.8 Å². The molecule has 6 rings (SSSR count). The number of nitrogens with one attached hydrogen (secondary N) is 11. The average Bonchev–Trinajstić information content (AvgIpc) is 1.86. The summed E-state index contributed by atoms with van der Waals surface area (Å²) in [4.78, 5) is 193. The first-order valence-electron chi connectivity index (χ1n) is 29.6. The third kappa shape index (κ3) is 19.9. The van der Waals surface area contributed by atoms with Crippen LogP contribution in [0.2, 0.25) is 0 Å². The number of hydrogen-bond acceptors (Lipinski definition) is 19. The number of thiol groups is 1. The molecule has 1 aromatic heterocycles. The molecule has 31 heteroatoms. The van der Waals surface area contributed by atoms with Crippen molar-refractivity contribution in [2.75, 3.05) is 58.0 Å². The van der Waals surface area contributed by atoms with E-state index in [4.69, 9.17) is 0 Å². The maximum absolute atomic E-state index is 15.0. The Labute approximate surface area is 528 Å². The van der Waals surface area contributed by atoms with Crippen LogP contribution in [0.25, 0.3) is 10.9 Å². The summed E-state index contributed by atoms with van der Waals surface area (Å²) in [6.45, 7) is 0.834. The topological polar surface area (TPSA) is 422 Å². The fraction of sp³-hybridized carbons (Fsp3) is 0.525. The van der Waals surface area contributed by atoms with Crippen LogP contribution in [0.4, 0.5) is 5.69 Å². The van der Waals surface area contributed by atoms with Crippen molar-refractivity contribution < 1.29 is 77.3 Å². The van der Waals surface area contributed by atoms with E-state index in [0.29, 0.717) is 58.3 Å². The number of Topliss-reactive ketones (excluding diaryl/α,β-unsaturated/α-hetero) is 1. The fourth-order valence-corrected chi connectivity index (χ4v) is 12.1. The van der Waals surface area contributed by atoms with E-state index in [1.165, 1.54) is 33.2 Å². The van der Waals surface area contributed by atoms with Crippen molar-refractivity contribution in [2.24, 2.45) is 11.8 Å². The van der Waals surface area contributed by atoms with Gasteiger partial charge in [-0.1, -0.05) is 50.1 Å². The van der Waals surface area contributed by atoms with Gasteiger partial charge in [0.25, 0.3) is 0 Å². The van der Waals surface area contributed by atoms with E-state index in [9.17, 15) is 72.5 Å². The number of fused-ring (bicyclic) bond motifs is 4. The first-order valence-corrected chi connectivity index (χ1v) is 31.1. The summed E-state index contributed by atoms with van der Waals surface area (Å²) < 4.78 is 0. The summed E-state index contributed by atoms with van der Waals surface area (Å²) in [6, 6.07) is 5.28. The van der Waals surface area contributed by atoms with E-state index in [1.807, 2.05) is 6.92 Å². The monoisotopic (exact) mass is 1290 g/mol. The normalized spacial score (nSPS) is 21.9. The first-order chi connectivity index (χ1) is 42.9. The number of aliphatic hydroxyl groups is 2. The Balaban J connectivity index is 1.20. The minimum atomic E-state index is -1.58. The van der Waals surface area contributed by atoms with Crippen LogP contribution < -0.4 is 53.2 Å². The van der Waals surface area contributed by atoms with Gasteiger partial charge in [-0.05, 0) is 62.6 Å². The third-order valence-corrected chi connectivity index (χ3v) is 17.1. The number of para-hydroxylation sites is 1. The second-order valence-electron chi connectivity index (χ2n) is 22.3. The molecule has 13 N–H and O–H groups in total. The SMILES string of the molecule is CCCC(C=O)NC(=O)CNC(=O)[C@H]1Cc2c([nH]c3ccccc23)SC[C@H](NC(=O)CNC)C(=O)N[C@@H](CC(=O)NCc2ccc(NC(=O)[C@H](C)NC(=O)CNC(=O)CCN3C(=O)CC(S)C3=O)cc2)C(=O)C2CCC[C@H]2C(=O)N(C)C(C[C@@H](O)CO)C(=O)N1. The van der Waals surface area contributed by atoms with Gasteiger partial charge in [0.1, 0.15) is 30.5 Å². The quantitative estimate of drug-likeness (QED) is 0.0234. The number of nitrogens with zero attached hydrogens (tertiary/aromatic N) is 2. The number of carbonyl (C=O) groups is 14. The number of amides is 12. The highest BCUT2D eigenvalue weighted by molar-refractivity contribution is 7.99. The number of likely N-dealkylation sites (tertiary alicyclic amines) is 1. The molecule has 4 unspecified atom stereocenters. The largest absolute Gasteiger partial charge is 0.394 e. The Hall–Kier alpha value is -8.26. The number of ketones is 1. The molecule has 3 heterocycles. The Morgan fingerprint density at radius 1 is 0.822 bits per heavy atom. The Kier molecular flexibility index (Phi) is 26.8. The molecule has 12 amide bonds. The summed E-state index contributed by atoms with van der Waals surface area (Å²) in [5.74, 6) is -11.4. The third-order valence-electron chi connectivity index (χ3n) is 15.5.